The highest BCUT2D eigenvalue weighted by Crippen LogP contribution is 2.18. The summed E-state index contributed by atoms with van der Waals surface area (Å²) in [4.78, 5) is 0. The van der Waals surface area contributed by atoms with E-state index in [1.54, 1.807) is 6.07 Å². The van der Waals surface area contributed by atoms with Crippen molar-refractivity contribution in [1.82, 2.24) is 5.32 Å². The maximum absolute atomic E-state index is 5.85. The third-order valence-electron chi connectivity index (χ3n) is 2.24. The van der Waals surface area contributed by atoms with Gasteiger partial charge in [0.2, 0.25) is 0 Å². The highest BCUT2D eigenvalue weighted by molar-refractivity contribution is 7.80. The van der Waals surface area contributed by atoms with Crippen molar-refractivity contribution >= 4 is 29.0 Å². The van der Waals surface area contributed by atoms with Gasteiger partial charge >= 0.3 is 0 Å². The van der Waals surface area contributed by atoms with E-state index in [-0.39, 0.29) is 6.10 Å². The molecular formula is C11H12ClNO2S. The zero-order valence-electron chi connectivity index (χ0n) is 8.61. The fourth-order valence-electron chi connectivity index (χ4n) is 1.45. The number of halogens is 1. The summed E-state index contributed by atoms with van der Waals surface area (Å²) < 4.78 is 11.0. The molecule has 2 rings (SSSR count). The highest BCUT2D eigenvalue weighted by atomic mass is 35.5. The van der Waals surface area contributed by atoms with E-state index in [1.807, 2.05) is 18.2 Å². The normalized spacial score (nSPS) is 19.8. The zero-order valence-corrected chi connectivity index (χ0v) is 10.2. The molecule has 1 N–H and O–H groups in total. The average molecular weight is 258 g/mol. The number of rotatable bonds is 3. The van der Waals surface area contributed by atoms with E-state index in [4.69, 9.17) is 33.3 Å². The minimum Gasteiger partial charge on any atom is -0.490 e. The van der Waals surface area contributed by atoms with E-state index >= 15 is 0 Å². The van der Waals surface area contributed by atoms with Crippen LogP contribution in [0.1, 0.15) is 6.42 Å². The molecule has 0 spiro atoms. The van der Waals surface area contributed by atoms with Crippen molar-refractivity contribution in [3.8, 4) is 5.75 Å². The molecule has 0 saturated carbocycles. The fourth-order valence-corrected chi connectivity index (χ4v) is 1.87. The quantitative estimate of drug-likeness (QED) is 0.843. The van der Waals surface area contributed by atoms with Crippen LogP contribution in [0.3, 0.4) is 0 Å². The van der Waals surface area contributed by atoms with Gasteiger partial charge in [-0.05, 0) is 30.4 Å². The number of ether oxygens (including phenoxy) is 2. The summed E-state index contributed by atoms with van der Waals surface area (Å²) in [5, 5.41) is 4.07. The smallest absolute Gasteiger partial charge is 0.257 e. The molecule has 86 valence electrons. The fraction of sp³-hybridized carbons (Fsp3) is 0.364. The molecule has 1 fully saturated rings. The Labute approximate surface area is 105 Å². The number of nitrogens with one attached hydrogen (secondary N) is 1. The number of thiocarbonyl (C=S) groups is 1. The lowest BCUT2D eigenvalue weighted by molar-refractivity contribution is 0.0957. The van der Waals surface area contributed by atoms with Gasteiger partial charge < -0.3 is 14.8 Å². The molecule has 0 aliphatic carbocycles. The zero-order chi connectivity index (χ0) is 11.4. The number of benzene rings is 1. The molecule has 1 heterocycles. The van der Waals surface area contributed by atoms with E-state index in [2.05, 4.69) is 5.32 Å². The van der Waals surface area contributed by atoms with Crippen LogP contribution >= 0.6 is 23.8 Å². The van der Waals surface area contributed by atoms with Crippen LogP contribution < -0.4 is 10.1 Å². The molecule has 1 aliphatic heterocycles. The van der Waals surface area contributed by atoms with Crippen LogP contribution in [0.5, 0.6) is 5.75 Å². The van der Waals surface area contributed by atoms with Crippen LogP contribution in [-0.2, 0) is 4.74 Å². The second-order valence-corrected chi connectivity index (χ2v) is 4.32. The topological polar surface area (TPSA) is 30.5 Å². The summed E-state index contributed by atoms with van der Waals surface area (Å²) in [5.41, 5.74) is 0. The second kappa shape index (κ2) is 5.37. The van der Waals surface area contributed by atoms with Crippen molar-refractivity contribution in [2.75, 3.05) is 13.2 Å². The van der Waals surface area contributed by atoms with E-state index in [0.29, 0.717) is 16.8 Å². The van der Waals surface area contributed by atoms with Crippen LogP contribution in [0.25, 0.3) is 0 Å². The Morgan fingerprint density at radius 2 is 2.44 bits per heavy atom. The molecular weight excluding hydrogens is 246 g/mol. The predicted molar refractivity (Wildman–Crippen MR) is 67.0 cm³/mol. The first-order valence-corrected chi connectivity index (χ1v) is 5.85. The summed E-state index contributed by atoms with van der Waals surface area (Å²) in [6.45, 7) is 1.32. The summed E-state index contributed by atoms with van der Waals surface area (Å²) in [7, 11) is 0. The van der Waals surface area contributed by atoms with Gasteiger partial charge in [0.15, 0.2) is 0 Å². The second-order valence-electron chi connectivity index (χ2n) is 3.51. The van der Waals surface area contributed by atoms with Gasteiger partial charge in [-0.25, -0.2) is 0 Å². The van der Waals surface area contributed by atoms with Crippen molar-refractivity contribution in [3.63, 3.8) is 0 Å². The van der Waals surface area contributed by atoms with Gasteiger partial charge in [0.05, 0.1) is 0 Å². The molecule has 1 aliphatic rings. The van der Waals surface area contributed by atoms with Crippen LogP contribution in [0, 0.1) is 0 Å². The van der Waals surface area contributed by atoms with Gasteiger partial charge in [0.25, 0.3) is 5.17 Å². The van der Waals surface area contributed by atoms with Gasteiger partial charge in [0.1, 0.15) is 18.5 Å². The molecule has 1 saturated heterocycles. The van der Waals surface area contributed by atoms with Gasteiger partial charge in [-0.3, -0.25) is 0 Å². The molecule has 1 aromatic rings. The van der Waals surface area contributed by atoms with Crippen molar-refractivity contribution in [2.45, 2.75) is 12.5 Å². The Morgan fingerprint density at radius 3 is 3.19 bits per heavy atom. The SMILES string of the molecule is S=C1NCCC(COc2cccc(Cl)c2)O1. The Hall–Kier alpha value is -1.00. The Morgan fingerprint density at radius 1 is 1.56 bits per heavy atom. The molecule has 0 bridgehead atoms. The lowest BCUT2D eigenvalue weighted by Gasteiger charge is -2.25. The highest BCUT2D eigenvalue weighted by Gasteiger charge is 2.17. The minimum absolute atomic E-state index is 0.0210. The van der Waals surface area contributed by atoms with E-state index in [1.165, 1.54) is 0 Å². The summed E-state index contributed by atoms with van der Waals surface area (Å²) in [5.74, 6) is 0.751. The largest absolute Gasteiger partial charge is 0.490 e. The molecule has 0 amide bonds. The third kappa shape index (κ3) is 3.25. The van der Waals surface area contributed by atoms with E-state index in [9.17, 15) is 0 Å². The van der Waals surface area contributed by atoms with Gasteiger partial charge in [-0.1, -0.05) is 17.7 Å². The molecule has 3 nitrogen and oxygen atoms in total. The standard InChI is InChI=1S/C11H12ClNO2S/c12-8-2-1-3-9(6-8)14-7-10-4-5-13-11(16)15-10/h1-3,6,10H,4-5,7H2,(H,13,16). The molecule has 1 unspecified atom stereocenters. The third-order valence-corrected chi connectivity index (χ3v) is 2.72. The predicted octanol–water partition coefficient (Wildman–Crippen LogP) is 2.38. The van der Waals surface area contributed by atoms with Gasteiger partial charge in [-0.15, -0.1) is 0 Å². The first-order chi connectivity index (χ1) is 7.74. The molecule has 1 aromatic carbocycles. The summed E-state index contributed by atoms with van der Waals surface area (Å²) in [6.07, 6.45) is 0.911. The van der Waals surface area contributed by atoms with Crippen LogP contribution in [0.15, 0.2) is 24.3 Å². The van der Waals surface area contributed by atoms with Crippen molar-refractivity contribution in [1.29, 1.82) is 0 Å². The van der Waals surface area contributed by atoms with Crippen LogP contribution in [0.2, 0.25) is 5.02 Å². The molecule has 16 heavy (non-hydrogen) atoms. The first kappa shape index (κ1) is 11.5. The molecule has 5 heteroatoms. The minimum atomic E-state index is 0.0210. The monoisotopic (exact) mass is 257 g/mol. The van der Waals surface area contributed by atoms with Crippen molar-refractivity contribution in [2.24, 2.45) is 0 Å². The van der Waals surface area contributed by atoms with Gasteiger partial charge in [-0.2, -0.15) is 0 Å². The lowest BCUT2D eigenvalue weighted by atomic mass is 10.2. The van der Waals surface area contributed by atoms with Crippen LogP contribution in [-0.4, -0.2) is 24.4 Å². The summed E-state index contributed by atoms with van der Waals surface area (Å²) in [6, 6.07) is 7.31. The Bertz CT molecular complexity index is 386. The van der Waals surface area contributed by atoms with E-state index < -0.39 is 0 Å². The molecule has 1 atom stereocenters. The van der Waals surface area contributed by atoms with Gasteiger partial charge in [0, 0.05) is 18.0 Å². The van der Waals surface area contributed by atoms with E-state index in [0.717, 1.165) is 18.7 Å². The number of hydrogen-bond donors (Lipinski definition) is 1. The number of hydrogen-bond acceptors (Lipinski definition) is 3. The molecule has 0 radical (unpaired) electrons. The van der Waals surface area contributed by atoms with Crippen molar-refractivity contribution < 1.29 is 9.47 Å². The van der Waals surface area contributed by atoms with Crippen molar-refractivity contribution in [3.05, 3.63) is 29.3 Å². The Balaban J connectivity index is 1.85. The maximum atomic E-state index is 5.85. The summed E-state index contributed by atoms with van der Waals surface area (Å²) >= 11 is 10.8. The lowest BCUT2D eigenvalue weighted by Crippen LogP contribution is -2.40. The van der Waals surface area contributed by atoms with Crippen LogP contribution in [0.4, 0.5) is 0 Å². The Kier molecular flexibility index (Phi) is 3.85. The average Bonchev–Trinajstić information content (AvgIpc) is 2.27. The first-order valence-electron chi connectivity index (χ1n) is 5.07. The maximum Gasteiger partial charge on any atom is 0.257 e. The molecule has 0 aromatic heterocycles.